The number of rotatable bonds is 2. The number of furan rings is 1. The van der Waals surface area contributed by atoms with Gasteiger partial charge in [-0.15, -0.1) is 0 Å². The average Bonchev–Trinajstić information content (AvgIpc) is 2.70. The predicted molar refractivity (Wildman–Crippen MR) is 63.5 cm³/mol. The lowest BCUT2D eigenvalue weighted by atomic mass is 10.0. The molecular formula is C12H10BrF2NO. The van der Waals surface area contributed by atoms with Crippen LogP contribution in [0.5, 0.6) is 0 Å². The molecule has 0 aliphatic rings. The number of hydrogen-bond acceptors (Lipinski definition) is 2. The Hall–Kier alpha value is -1.20. The van der Waals surface area contributed by atoms with Crippen molar-refractivity contribution in [2.24, 2.45) is 5.73 Å². The summed E-state index contributed by atoms with van der Waals surface area (Å²) in [4.78, 5) is 0. The van der Waals surface area contributed by atoms with E-state index >= 15 is 0 Å². The highest BCUT2D eigenvalue weighted by molar-refractivity contribution is 9.10. The van der Waals surface area contributed by atoms with E-state index in [9.17, 15) is 8.78 Å². The lowest BCUT2D eigenvalue weighted by molar-refractivity contribution is 0.462. The zero-order valence-corrected chi connectivity index (χ0v) is 10.6. The zero-order valence-electron chi connectivity index (χ0n) is 9.01. The molecule has 1 unspecified atom stereocenters. The zero-order chi connectivity index (χ0) is 12.6. The molecule has 5 heteroatoms. The summed E-state index contributed by atoms with van der Waals surface area (Å²) in [5.74, 6) is -1.02. The molecule has 2 N–H and O–H groups in total. The topological polar surface area (TPSA) is 39.2 Å². The molecule has 0 amide bonds. The quantitative estimate of drug-likeness (QED) is 0.919. The van der Waals surface area contributed by atoms with E-state index in [0.717, 1.165) is 0 Å². The number of aryl methyl sites for hydroxylation is 1. The van der Waals surface area contributed by atoms with Crippen molar-refractivity contribution in [2.45, 2.75) is 13.0 Å². The molecule has 1 heterocycles. The van der Waals surface area contributed by atoms with Crippen LogP contribution >= 0.6 is 15.9 Å². The molecule has 2 rings (SSSR count). The van der Waals surface area contributed by atoms with Crippen LogP contribution in [0.1, 0.15) is 22.9 Å². The van der Waals surface area contributed by atoms with Gasteiger partial charge in [0.15, 0.2) is 0 Å². The van der Waals surface area contributed by atoms with Gasteiger partial charge in [-0.05, 0) is 40.5 Å². The highest BCUT2D eigenvalue weighted by atomic mass is 79.9. The Morgan fingerprint density at radius 1 is 1.29 bits per heavy atom. The number of halogens is 3. The highest BCUT2D eigenvalue weighted by Gasteiger charge is 2.23. The van der Waals surface area contributed by atoms with Crippen LogP contribution in [0.2, 0.25) is 0 Å². The predicted octanol–water partition coefficient (Wildman–Crippen LogP) is 3.68. The van der Waals surface area contributed by atoms with Crippen LogP contribution < -0.4 is 5.73 Å². The first-order valence-corrected chi connectivity index (χ1v) is 5.74. The molecule has 17 heavy (non-hydrogen) atoms. The van der Waals surface area contributed by atoms with Gasteiger partial charge in [-0.3, -0.25) is 0 Å². The second-order valence-corrected chi connectivity index (χ2v) is 4.56. The molecule has 0 aliphatic heterocycles. The smallest absolute Gasteiger partial charge is 0.139 e. The minimum absolute atomic E-state index is 0.180. The van der Waals surface area contributed by atoms with Crippen molar-refractivity contribution in [3.05, 3.63) is 57.5 Å². The Morgan fingerprint density at radius 2 is 2.00 bits per heavy atom. The normalized spacial score (nSPS) is 12.8. The fraction of sp³-hybridized carbons (Fsp3) is 0.167. The summed E-state index contributed by atoms with van der Waals surface area (Å²) in [7, 11) is 0. The Kier molecular flexibility index (Phi) is 3.31. The van der Waals surface area contributed by atoms with Crippen LogP contribution in [0.4, 0.5) is 8.78 Å². The third kappa shape index (κ3) is 2.12. The van der Waals surface area contributed by atoms with E-state index in [1.807, 2.05) is 0 Å². The van der Waals surface area contributed by atoms with Gasteiger partial charge in [0.05, 0.1) is 16.8 Å². The van der Waals surface area contributed by atoms with Gasteiger partial charge in [-0.1, -0.05) is 6.07 Å². The van der Waals surface area contributed by atoms with E-state index in [0.29, 0.717) is 15.8 Å². The average molecular weight is 302 g/mol. The first-order chi connectivity index (χ1) is 8.02. The molecule has 1 atom stereocenters. The van der Waals surface area contributed by atoms with Crippen molar-refractivity contribution in [1.29, 1.82) is 0 Å². The molecule has 90 valence electrons. The van der Waals surface area contributed by atoms with Crippen LogP contribution in [0, 0.1) is 18.6 Å². The minimum Gasteiger partial charge on any atom is -0.466 e. The van der Waals surface area contributed by atoms with Gasteiger partial charge < -0.3 is 10.2 Å². The first kappa shape index (κ1) is 12.3. The molecule has 0 radical (unpaired) electrons. The SMILES string of the molecule is Cc1ccc(F)c(C(N)c2occc2Br)c1F. The molecule has 0 aliphatic carbocycles. The Morgan fingerprint density at radius 3 is 2.59 bits per heavy atom. The molecule has 2 nitrogen and oxygen atoms in total. The van der Waals surface area contributed by atoms with Crippen LogP contribution in [0.15, 0.2) is 33.4 Å². The van der Waals surface area contributed by atoms with Crippen LogP contribution in [-0.2, 0) is 0 Å². The molecule has 0 fully saturated rings. The van der Waals surface area contributed by atoms with Crippen molar-refractivity contribution in [1.82, 2.24) is 0 Å². The summed E-state index contributed by atoms with van der Waals surface area (Å²) in [6.45, 7) is 1.56. The van der Waals surface area contributed by atoms with Gasteiger partial charge in [-0.25, -0.2) is 8.78 Å². The van der Waals surface area contributed by atoms with E-state index in [4.69, 9.17) is 10.2 Å². The molecule has 2 aromatic rings. The van der Waals surface area contributed by atoms with E-state index in [2.05, 4.69) is 15.9 Å². The molecule has 0 saturated heterocycles. The van der Waals surface area contributed by atoms with E-state index in [1.165, 1.54) is 18.4 Å². The molecule has 1 aromatic carbocycles. The summed E-state index contributed by atoms with van der Waals surface area (Å²) in [6.07, 6.45) is 1.41. The maximum Gasteiger partial charge on any atom is 0.139 e. The largest absolute Gasteiger partial charge is 0.466 e. The molecule has 0 spiro atoms. The van der Waals surface area contributed by atoms with Gasteiger partial charge in [-0.2, -0.15) is 0 Å². The highest BCUT2D eigenvalue weighted by Crippen LogP contribution is 2.31. The lowest BCUT2D eigenvalue weighted by Crippen LogP contribution is -2.16. The Labute approximate surface area is 106 Å². The number of benzene rings is 1. The summed E-state index contributed by atoms with van der Waals surface area (Å²) < 4.78 is 33.2. The third-order valence-corrected chi connectivity index (χ3v) is 3.21. The standard InChI is InChI=1S/C12H10BrF2NO/c1-6-2-3-8(14)9(10(6)15)11(16)12-7(13)4-5-17-12/h2-5,11H,16H2,1H3. The second kappa shape index (κ2) is 4.58. The van der Waals surface area contributed by atoms with Gasteiger partial charge in [0.1, 0.15) is 17.4 Å². The molecule has 0 saturated carbocycles. The summed E-state index contributed by atoms with van der Waals surface area (Å²) in [5, 5.41) is 0. The van der Waals surface area contributed by atoms with E-state index < -0.39 is 17.7 Å². The molecule has 1 aromatic heterocycles. The monoisotopic (exact) mass is 301 g/mol. The van der Waals surface area contributed by atoms with Crippen molar-refractivity contribution >= 4 is 15.9 Å². The van der Waals surface area contributed by atoms with E-state index in [-0.39, 0.29) is 5.56 Å². The van der Waals surface area contributed by atoms with Gasteiger partial charge in [0.2, 0.25) is 0 Å². The van der Waals surface area contributed by atoms with Crippen molar-refractivity contribution < 1.29 is 13.2 Å². The number of nitrogens with two attached hydrogens (primary N) is 1. The van der Waals surface area contributed by atoms with Gasteiger partial charge >= 0.3 is 0 Å². The van der Waals surface area contributed by atoms with E-state index in [1.54, 1.807) is 13.0 Å². The van der Waals surface area contributed by atoms with Gasteiger partial charge in [0.25, 0.3) is 0 Å². The third-order valence-electron chi connectivity index (χ3n) is 2.56. The van der Waals surface area contributed by atoms with Gasteiger partial charge in [0, 0.05) is 5.56 Å². The van der Waals surface area contributed by atoms with Crippen LogP contribution in [-0.4, -0.2) is 0 Å². The van der Waals surface area contributed by atoms with Crippen molar-refractivity contribution in [3.63, 3.8) is 0 Å². The first-order valence-electron chi connectivity index (χ1n) is 4.95. The molecule has 0 bridgehead atoms. The number of hydrogen-bond donors (Lipinski definition) is 1. The second-order valence-electron chi connectivity index (χ2n) is 3.70. The summed E-state index contributed by atoms with van der Waals surface area (Å²) >= 11 is 3.21. The molecular weight excluding hydrogens is 292 g/mol. The Balaban J connectivity index is 2.55. The summed E-state index contributed by atoms with van der Waals surface area (Å²) in [5.41, 5.74) is 6.00. The lowest BCUT2D eigenvalue weighted by Gasteiger charge is -2.13. The Bertz CT molecular complexity index is 553. The fourth-order valence-electron chi connectivity index (χ4n) is 1.62. The van der Waals surface area contributed by atoms with Crippen LogP contribution in [0.3, 0.4) is 0 Å². The maximum atomic E-state index is 13.9. The minimum atomic E-state index is -0.973. The maximum absolute atomic E-state index is 13.9. The fourth-order valence-corrected chi connectivity index (χ4v) is 2.07. The summed E-state index contributed by atoms with van der Waals surface area (Å²) in [6, 6.07) is 3.22. The van der Waals surface area contributed by atoms with Crippen LogP contribution in [0.25, 0.3) is 0 Å². The van der Waals surface area contributed by atoms with Crippen molar-refractivity contribution in [3.8, 4) is 0 Å². The van der Waals surface area contributed by atoms with Crippen molar-refractivity contribution in [2.75, 3.05) is 0 Å².